The fourth-order valence-corrected chi connectivity index (χ4v) is 4.77. The first-order valence-corrected chi connectivity index (χ1v) is 11.4. The van der Waals surface area contributed by atoms with Crippen LogP contribution in [0.25, 0.3) is 22.5 Å². The van der Waals surface area contributed by atoms with Gasteiger partial charge >= 0.3 is 0 Å². The highest BCUT2D eigenvalue weighted by Gasteiger charge is 2.40. The van der Waals surface area contributed by atoms with Gasteiger partial charge in [0, 0.05) is 48.5 Å². The molecular weight excluding hydrogens is 448 g/mol. The molecule has 3 aromatic rings. The topological polar surface area (TPSA) is 63.1 Å². The lowest BCUT2D eigenvalue weighted by molar-refractivity contribution is -0.134. The summed E-state index contributed by atoms with van der Waals surface area (Å²) in [6.45, 7) is 3.62. The number of halogens is 3. The number of piperidine rings is 1. The van der Waals surface area contributed by atoms with E-state index in [2.05, 4.69) is 15.3 Å². The van der Waals surface area contributed by atoms with Crippen LogP contribution in [0.15, 0.2) is 48.9 Å². The van der Waals surface area contributed by atoms with E-state index < -0.39 is 6.43 Å². The average molecular weight is 472 g/mol. The molecule has 2 fully saturated rings. The molecule has 1 amide bonds. The molecule has 33 heavy (non-hydrogen) atoms. The molecule has 4 heterocycles. The van der Waals surface area contributed by atoms with Crippen molar-refractivity contribution in [1.29, 1.82) is 0 Å². The summed E-state index contributed by atoms with van der Waals surface area (Å²) in [6, 6.07) is 10.2. The van der Waals surface area contributed by atoms with Crippen molar-refractivity contribution in [1.82, 2.24) is 24.8 Å². The van der Waals surface area contributed by atoms with Crippen molar-refractivity contribution in [2.45, 2.75) is 25.8 Å². The van der Waals surface area contributed by atoms with Gasteiger partial charge in [0.15, 0.2) is 0 Å². The highest BCUT2D eigenvalue weighted by molar-refractivity contribution is 6.30. The van der Waals surface area contributed by atoms with Crippen molar-refractivity contribution >= 4 is 17.5 Å². The second-order valence-corrected chi connectivity index (χ2v) is 9.27. The summed E-state index contributed by atoms with van der Waals surface area (Å²) in [7, 11) is 0. The molecule has 172 valence electrons. The number of imidazole rings is 1. The first-order valence-electron chi connectivity index (χ1n) is 11.0. The maximum Gasteiger partial charge on any atom is 0.280 e. The number of carbonyl (C=O) groups is 1. The molecule has 9 heteroatoms. The zero-order valence-electron chi connectivity index (χ0n) is 18.0. The van der Waals surface area contributed by atoms with Gasteiger partial charge in [0.05, 0.1) is 17.7 Å². The van der Waals surface area contributed by atoms with Crippen LogP contribution in [-0.4, -0.2) is 51.5 Å². The van der Waals surface area contributed by atoms with E-state index in [1.807, 2.05) is 17.0 Å². The number of alkyl halides is 2. The number of hydrogen-bond acceptors (Lipinski definition) is 4. The van der Waals surface area contributed by atoms with Crippen LogP contribution in [0.2, 0.25) is 5.02 Å². The van der Waals surface area contributed by atoms with Crippen LogP contribution in [-0.2, 0) is 11.3 Å². The molecule has 1 N–H and O–H groups in total. The molecule has 2 aliphatic rings. The molecule has 0 unspecified atom stereocenters. The number of benzene rings is 1. The number of pyridine rings is 1. The molecule has 2 saturated heterocycles. The third-order valence-electron chi connectivity index (χ3n) is 6.72. The molecule has 6 nitrogen and oxygen atoms in total. The molecular formula is C24H24ClF2N5O. The summed E-state index contributed by atoms with van der Waals surface area (Å²) >= 11 is 6.03. The maximum atomic E-state index is 13.3. The molecule has 0 aliphatic carbocycles. The summed E-state index contributed by atoms with van der Waals surface area (Å²) < 4.78 is 28.4. The molecule has 1 spiro atoms. The molecule has 5 rings (SSSR count). The molecule has 0 radical (unpaired) electrons. The summed E-state index contributed by atoms with van der Waals surface area (Å²) in [5.74, 6) is 0.00146. The molecule has 0 atom stereocenters. The first kappa shape index (κ1) is 22.0. The number of aromatic nitrogens is 3. The third-order valence-corrected chi connectivity index (χ3v) is 6.97. The maximum absolute atomic E-state index is 13.3. The number of carbonyl (C=O) groups excluding carboxylic acids is 1. The van der Waals surface area contributed by atoms with E-state index in [0.29, 0.717) is 27.4 Å². The van der Waals surface area contributed by atoms with Crippen LogP contribution in [0.4, 0.5) is 8.78 Å². The number of nitrogens with one attached hydrogen (secondary N) is 1. The summed E-state index contributed by atoms with van der Waals surface area (Å²) in [5, 5.41) is 3.92. The van der Waals surface area contributed by atoms with Gasteiger partial charge < -0.3 is 14.8 Å². The second kappa shape index (κ2) is 8.83. The summed E-state index contributed by atoms with van der Waals surface area (Å²) in [6.07, 6.45) is 2.27. The zero-order chi connectivity index (χ0) is 23.0. The minimum atomic E-state index is -2.69. The van der Waals surface area contributed by atoms with Crippen LogP contribution < -0.4 is 5.32 Å². The Bertz CT molecular complexity index is 1150. The van der Waals surface area contributed by atoms with E-state index in [4.69, 9.17) is 11.6 Å². The Hall–Kier alpha value is -2.84. The minimum absolute atomic E-state index is 0.00146. The standard InChI is InChI=1S/C24H24ClF2N5O/c25-18-3-1-16(2-4-18)21-22(17-5-8-29-19(11-17)23(26)27)32(15-30-21)12-20(33)31-9-6-24(7-10-31)13-28-14-24/h1-5,8,11,15,23,28H,6-7,9-10,12-14H2. The number of likely N-dealkylation sites (tertiary alicyclic amines) is 1. The Morgan fingerprint density at radius 3 is 2.45 bits per heavy atom. The fourth-order valence-electron chi connectivity index (χ4n) is 4.65. The summed E-state index contributed by atoms with van der Waals surface area (Å²) in [5.41, 5.74) is 2.56. The van der Waals surface area contributed by atoms with Gasteiger partial charge in [-0.3, -0.25) is 9.78 Å². The van der Waals surface area contributed by atoms with Crippen LogP contribution in [0, 0.1) is 5.41 Å². The monoisotopic (exact) mass is 471 g/mol. The molecule has 0 saturated carbocycles. The molecule has 0 bridgehead atoms. The lowest BCUT2D eigenvalue weighted by atomic mass is 9.73. The van der Waals surface area contributed by atoms with E-state index in [0.717, 1.165) is 44.6 Å². The number of rotatable bonds is 5. The van der Waals surface area contributed by atoms with E-state index in [1.54, 1.807) is 29.1 Å². The predicted molar refractivity (Wildman–Crippen MR) is 122 cm³/mol. The molecule has 2 aliphatic heterocycles. The Kier molecular flexibility index (Phi) is 5.88. The normalized spacial score (nSPS) is 17.4. The van der Waals surface area contributed by atoms with Crippen molar-refractivity contribution in [3.05, 3.63) is 59.6 Å². The lowest BCUT2D eigenvalue weighted by Gasteiger charge is -2.48. The minimum Gasteiger partial charge on any atom is -0.341 e. The Balaban J connectivity index is 1.46. The van der Waals surface area contributed by atoms with Crippen LogP contribution in [0.1, 0.15) is 25.0 Å². The van der Waals surface area contributed by atoms with Gasteiger partial charge in [-0.2, -0.15) is 0 Å². The highest BCUT2D eigenvalue weighted by Crippen LogP contribution is 2.36. The van der Waals surface area contributed by atoms with Crippen LogP contribution in [0.5, 0.6) is 0 Å². The SMILES string of the molecule is O=C(Cn1cnc(-c2ccc(Cl)cc2)c1-c1ccnc(C(F)F)c1)N1CCC2(CC1)CNC2. The van der Waals surface area contributed by atoms with E-state index >= 15 is 0 Å². The van der Waals surface area contributed by atoms with Crippen molar-refractivity contribution in [3.63, 3.8) is 0 Å². The van der Waals surface area contributed by atoms with Crippen LogP contribution in [0.3, 0.4) is 0 Å². The lowest BCUT2D eigenvalue weighted by Crippen LogP contribution is -2.59. The quantitative estimate of drug-likeness (QED) is 0.598. The Labute approximate surface area is 195 Å². The van der Waals surface area contributed by atoms with E-state index in [9.17, 15) is 13.6 Å². The van der Waals surface area contributed by atoms with Gasteiger partial charge in [-0.05, 0) is 42.5 Å². The largest absolute Gasteiger partial charge is 0.341 e. The van der Waals surface area contributed by atoms with Crippen molar-refractivity contribution in [2.75, 3.05) is 26.2 Å². The number of hydrogen-bond donors (Lipinski definition) is 1. The van der Waals surface area contributed by atoms with Crippen molar-refractivity contribution in [3.8, 4) is 22.5 Å². The number of nitrogens with zero attached hydrogens (tertiary/aromatic N) is 4. The van der Waals surface area contributed by atoms with E-state index in [1.165, 1.54) is 12.3 Å². The zero-order valence-corrected chi connectivity index (χ0v) is 18.7. The van der Waals surface area contributed by atoms with Crippen molar-refractivity contribution < 1.29 is 13.6 Å². The fraction of sp³-hybridized carbons (Fsp3) is 0.375. The van der Waals surface area contributed by atoms with Gasteiger partial charge in [-0.15, -0.1) is 0 Å². The second-order valence-electron chi connectivity index (χ2n) is 8.83. The predicted octanol–water partition coefficient (Wildman–Crippen LogP) is 4.42. The van der Waals surface area contributed by atoms with Gasteiger partial charge in [0.2, 0.25) is 5.91 Å². The van der Waals surface area contributed by atoms with Crippen LogP contribution >= 0.6 is 11.6 Å². The summed E-state index contributed by atoms with van der Waals surface area (Å²) in [4.78, 5) is 23.4. The third kappa shape index (κ3) is 4.37. The van der Waals surface area contributed by atoms with Gasteiger partial charge in [-0.1, -0.05) is 23.7 Å². The smallest absolute Gasteiger partial charge is 0.280 e. The first-order chi connectivity index (χ1) is 15.9. The van der Waals surface area contributed by atoms with Crippen molar-refractivity contribution in [2.24, 2.45) is 5.41 Å². The Morgan fingerprint density at radius 2 is 1.82 bits per heavy atom. The van der Waals surface area contributed by atoms with E-state index in [-0.39, 0.29) is 18.1 Å². The average Bonchev–Trinajstić information content (AvgIpc) is 3.22. The Morgan fingerprint density at radius 1 is 1.09 bits per heavy atom. The number of amides is 1. The van der Waals surface area contributed by atoms with Gasteiger partial charge in [0.25, 0.3) is 6.43 Å². The van der Waals surface area contributed by atoms with Gasteiger partial charge in [0.1, 0.15) is 12.2 Å². The molecule has 2 aromatic heterocycles. The van der Waals surface area contributed by atoms with Gasteiger partial charge in [-0.25, -0.2) is 13.8 Å². The highest BCUT2D eigenvalue weighted by atomic mass is 35.5. The molecule has 1 aromatic carbocycles.